The average molecular weight is 428 g/mol. The molecule has 0 aliphatic carbocycles. The molecule has 1 atom stereocenters. The number of aliphatic hydroxyl groups is 2. The lowest BCUT2D eigenvalue weighted by molar-refractivity contribution is 0.128. The Labute approximate surface area is 186 Å². The van der Waals surface area contributed by atoms with Crippen molar-refractivity contribution in [3.05, 3.63) is 77.4 Å². The minimum absolute atomic E-state index is 0.0406. The van der Waals surface area contributed by atoms with E-state index in [9.17, 15) is 15.3 Å². The van der Waals surface area contributed by atoms with Crippen LogP contribution in [0.25, 0.3) is 0 Å². The lowest BCUT2D eigenvalue weighted by atomic mass is 10.0. The van der Waals surface area contributed by atoms with Crippen LogP contribution in [0.3, 0.4) is 0 Å². The summed E-state index contributed by atoms with van der Waals surface area (Å²) in [6.07, 6.45) is 5.46. The van der Waals surface area contributed by atoms with Crippen LogP contribution < -0.4 is 5.32 Å². The van der Waals surface area contributed by atoms with Crippen LogP contribution in [-0.2, 0) is 17.8 Å². The van der Waals surface area contributed by atoms with E-state index in [-0.39, 0.29) is 12.4 Å². The van der Waals surface area contributed by atoms with Crippen molar-refractivity contribution in [2.24, 2.45) is 0 Å². The number of hydrogen-bond donors (Lipinski definition) is 4. The number of ether oxygens (including phenoxy) is 1. The summed E-state index contributed by atoms with van der Waals surface area (Å²) in [5.41, 5.74) is 3.66. The fourth-order valence-corrected chi connectivity index (χ4v) is 3.39. The number of nitrogens with one attached hydrogen (secondary N) is 1. The van der Waals surface area contributed by atoms with Gasteiger partial charge in [-0.2, -0.15) is 0 Å². The van der Waals surface area contributed by atoms with Gasteiger partial charge < -0.3 is 25.4 Å². The molecule has 2 rings (SSSR count). The summed E-state index contributed by atoms with van der Waals surface area (Å²) in [6, 6.07) is 15.3. The standard InChI is InChI=1S/C26H37NO4/c1-21(8-7-17-31-16-6-5-11-22-9-3-2-4-10-22)14-15-27-19-26(30)23-12-13-25(29)24(18-23)20-28/h2-4,9-10,12-13,18,26-30H,1,5-8,11,14-17,19-20H2. The fraction of sp³-hybridized carbons (Fsp3) is 0.462. The summed E-state index contributed by atoms with van der Waals surface area (Å²) in [6.45, 7) is 6.62. The molecule has 5 heteroatoms. The van der Waals surface area contributed by atoms with E-state index < -0.39 is 6.10 Å². The van der Waals surface area contributed by atoms with Gasteiger partial charge in [0.25, 0.3) is 0 Å². The normalized spacial score (nSPS) is 12.1. The number of aryl methyl sites for hydroxylation is 1. The molecule has 0 bridgehead atoms. The fourth-order valence-electron chi connectivity index (χ4n) is 3.39. The van der Waals surface area contributed by atoms with Gasteiger partial charge in [0.2, 0.25) is 0 Å². The molecule has 0 spiro atoms. The van der Waals surface area contributed by atoms with Gasteiger partial charge in [-0.1, -0.05) is 48.6 Å². The summed E-state index contributed by atoms with van der Waals surface area (Å²) < 4.78 is 5.73. The van der Waals surface area contributed by atoms with E-state index in [2.05, 4.69) is 36.2 Å². The minimum atomic E-state index is -0.686. The molecule has 2 aromatic carbocycles. The quantitative estimate of drug-likeness (QED) is 0.238. The molecule has 0 fully saturated rings. The zero-order valence-electron chi connectivity index (χ0n) is 18.4. The highest BCUT2D eigenvalue weighted by Crippen LogP contribution is 2.22. The van der Waals surface area contributed by atoms with Crippen molar-refractivity contribution in [1.82, 2.24) is 5.32 Å². The van der Waals surface area contributed by atoms with Crippen LogP contribution in [0.1, 0.15) is 54.9 Å². The lowest BCUT2D eigenvalue weighted by Crippen LogP contribution is -2.23. The molecule has 0 saturated carbocycles. The van der Waals surface area contributed by atoms with Crippen molar-refractivity contribution < 1.29 is 20.1 Å². The number of rotatable bonds is 16. The molecule has 170 valence electrons. The minimum Gasteiger partial charge on any atom is -0.508 e. The van der Waals surface area contributed by atoms with Crippen molar-refractivity contribution in [2.75, 3.05) is 26.3 Å². The Balaban J connectivity index is 1.45. The third-order valence-electron chi connectivity index (χ3n) is 5.32. The van der Waals surface area contributed by atoms with E-state index >= 15 is 0 Å². The molecule has 4 N–H and O–H groups in total. The van der Waals surface area contributed by atoms with Gasteiger partial charge in [-0.05, 0) is 68.3 Å². The molecule has 0 aliphatic heterocycles. The van der Waals surface area contributed by atoms with Crippen molar-refractivity contribution in [3.63, 3.8) is 0 Å². The first-order valence-corrected chi connectivity index (χ1v) is 11.2. The molecule has 5 nitrogen and oxygen atoms in total. The largest absolute Gasteiger partial charge is 0.508 e. The van der Waals surface area contributed by atoms with Crippen molar-refractivity contribution in [1.29, 1.82) is 0 Å². The van der Waals surface area contributed by atoms with Gasteiger partial charge >= 0.3 is 0 Å². The first-order valence-electron chi connectivity index (χ1n) is 11.2. The Hall–Kier alpha value is -2.18. The van der Waals surface area contributed by atoms with Crippen LogP contribution >= 0.6 is 0 Å². The van der Waals surface area contributed by atoms with Crippen LogP contribution in [0.15, 0.2) is 60.7 Å². The number of phenols is 1. The van der Waals surface area contributed by atoms with Crippen molar-refractivity contribution >= 4 is 0 Å². The molecule has 2 aromatic rings. The van der Waals surface area contributed by atoms with Crippen LogP contribution in [-0.4, -0.2) is 41.6 Å². The van der Waals surface area contributed by atoms with Crippen LogP contribution in [0.5, 0.6) is 5.75 Å². The topological polar surface area (TPSA) is 82.0 Å². The van der Waals surface area contributed by atoms with Gasteiger partial charge in [0.15, 0.2) is 0 Å². The first kappa shape index (κ1) is 25.1. The van der Waals surface area contributed by atoms with Gasteiger partial charge in [0.1, 0.15) is 5.75 Å². The van der Waals surface area contributed by atoms with E-state index in [1.165, 1.54) is 17.2 Å². The van der Waals surface area contributed by atoms with Gasteiger partial charge in [-0.15, -0.1) is 0 Å². The molecule has 0 heterocycles. The molecule has 1 unspecified atom stereocenters. The van der Waals surface area contributed by atoms with Crippen LogP contribution in [0.4, 0.5) is 0 Å². The summed E-state index contributed by atoms with van der Waals surface area (Å²) >= 11 is 0. The number of aromatic hydroxyl groups is 1. The second-order valence-corrected chi connectivity index (χ2v) is 7.92. The van der Waals surface area contributed by atoms with E-state index in [1.807, 2.05) is 6.07 Å². The summed E-state index contributed by atoms with van der Waals surface area (Å²) in [5, 5.41) is 32.3. The molecule has 31 heavy (non-hydrogen) atoms. The maximum absolute atomic E-state index is 10.3. The molecule has 0 aliphatic rings. The molecule has 0 radical (unpaired) electrons. The molecule has 0 amide bonds. The molecular formula is C26H37NO4. The smallest absolute Gasteiger partial charge is 0.121 e. The Morgan fingerprint density at radius 1 is 1.00 bits per heavy atom. The van der Waals surface area contributed by atoms with E-state index in [4.69, 9.17) is 4.74 Å². The van der Waals surface area contributed by atoms with Crippen LogP contribution in [0, 0.1) is 0 Å². The first-order chi connectivity index (χ1) is 15.1. The average Bonchev–Trinajstić information content (AvgIpc) is 2.79. The molecule has 0 aromatic heterocycles. The molecular weight excluding hydrogens is 390 g/mol. The number of benzene rings is 2. The third-order valence-corrected chi connectivity index (χ3v) is 5.32. The van der Waals surface area contributed by atoms with E-state index in [0.29, 0.717) is 17.7 Å². The zero-order valence-corrected chi connectivity index (χ0v) is 18.4. The predicted octanol–water partition coefficient (Wildman–Crippen LogP) is 4.27. The highest BCUT2D eigenvalue weighted by atomic mass is 16.5. The van der Waals surface area contributed by atoms with Gasteiger partial charge in [0.05, 0.1) is 12.7 Å². The van der Waals surface area contributed by atoms with Gasteiger partial charge in [-0.3, -0.25) is 0 Å². The summed E-state index contributed by atoms with van der Waals surface area (Å²) in [7, 11) is 0. The number of hydrogen-bond acceptors (Lipinski definition) is 5. The number of aliphatic hydroxyl groups excluding tert-OH is 2. The zero-order chi connectivity index (χ0) is 22.3. The Morgan fingerprint density at radius 2 is 1.77 bits per heavy atom. The summed E-state index contributed by atoms with van der Waals surface area (Å²) in [5.74, 6) is 0.0406. The van der Waals surface area contributed by atoms with Crippen molar-refractivity contribution in [2.45, 2.75) is 51.2 Å². The second-order valence-electron chi connectivity index (χ2n) is 7.92. The highest BCUT2D eigenvalue weighted by Gasteiger charge is 2.10. The SMILES string of the molecule is C=C(CCCOCCCCc1ccccc1)CCNCC(O)c1ccc(O)c(CO)c1. The predicted molar refractivity (Wildman–Crippen MR) is 125 cm³/mol. The second kappa shape index (κ2) is 14.8. The lowest BCUT2D eigenvalue weighted by Gasteiger charge is -2.14. The Bertz CT molecular complexity index is 763. The highest BCUT2D eigenvalue weighted by molar-refractivity contribution is 5.36. The van der Waals surface area contributed by atoms with Gasteiger partial charge in [0, 0.05) is 25.3 Å². The van der Waals surface area contributed by atoms with E-state index in [0.717, 1.165) is 58.3 Å². The number of unbranched alkanes of at least 4 members (excludes halogenated alkanes) is 1. The molecule has 0 saturated heterocycles. The third kappa shape index (κ3) is 10.1. The van der Waals surface area contributed by atoms with Gasteiger partial charge in [-0.25, -0.2) is 0 Å². The maximum atomic E-state index is 10.3. The summed E-state index contributed by atoms with van der Waals surface area (Å²) in [4.78, 5) is 0. The van der Waals surface area contributed by atoms with Crippen LogP contribution in [0.2, 0.25) is 0 Å². The van der Waals surface area contributed by atoms with E-state index in [1.54, 1.807) is 12.1 Å². The Morgan fingerprint density at radius 3 is 2.55 bits per heavy atom. The maximum Gasteiger partial charge on any atom is 0.121 e. The van der Waals surface area contributed by atoms with Crippen molar-refractivity contribution in [3.8, 4) is 5.75 Å². The Kier molecular flexibility index (Phi) is 11.9. The monoisotopic (exact) mass is 427 g/mol.